The molecule has 5 heteroatoms. The number of carbonyl (C=O) groups excluding carboxylic acids is 1. The molecular weight excluding hydrogens is 336 g/mol. The van der Waals surface area contributed by atoms with Gasteiger partial charge in [-0.3, -0.25) is 4.79 Å². The number of aromatic amines is 1. The van der Waals surface area contributed by atoms with Crippen molar-refractivity contribution in [3.63, 3.8) is 0 Å². The van der Waals surface area contributed by atoms with E-state index in [4.69, 9.17) is 0 Å². The van der Waals surface area contributed by atoms with Crippen LogP contribution in [0.1, 0.15) is 32.1 Å². The Kier molecular flexibility index (Phi) is 2.79. The van der Waals surface area contributed by atoms with E-state index in [0.717, 1.165) is 33.2 Å². The summed E-state index contributed by atoms with van der Waals surface area (Å²) in [5, 5.41) is 0.873. The highest BCUT2D eigenvalue weighted by molar-refractivity contribution is 9.10. The van der Waals surface area contributed by atoms with Crippen LogP contribution in [-0.4, -0.2) is 15.8 Å². The number of halogens is 1. The fourth-order valence-electron chi connectivity index (χ4n) is 2.74. The number of hydrogen-bond donors (Lipinski definition) is 1. The molecule has 0 amide bonds. The third-order valence-electron chi connectivity index (χ3n) is 3.71. The van der Waals surface area contributed by atoms with Crippen molar-refractivity contribution in [1.82, 2.24) is 9.97 Å². The van der Waals surface area contributed by atoms with Crippen LogP contribution < -0.4 is 0 Å². The Bertz CT molecular complexity index is 812. The van der Waals surface area contributed by atoms with Gasteiger partial charge in [0.1, 0.15) is 5.65 Å². The Morgan fingerprint density at radius 3 is 3.10 bits per heavy atom. The zero-order chi connectivity index (χ0) is 13.7. The monoisotopic (exact) mass is 346 g/mol. The molecule has 100 valence electrons. The molecule has 1 aliphatic rings. The second-order valence-corrected chi connectivity index (χ2v) is 7.05. The maximum atomic E-state index is 12.7. The van der Waals surface area contributed by atoms with E-state index in [0.29, 0.717) is 5.56 Å². The summed E-state index contributed by atoms with van der Waals surface area (Å²) in [6.07, 6.45) is 6.94. The second kappa shape index (κ2) is 4.53. The van der Waals surface area contributed by atoms with Gasteiger partial charge in [-0.15, -0.1) is 11.3 Å². The summed E-state index contributed by atoms with van der Waals surface area (Å²) in [6, 6.07) is 4.01. The molecule has 3 aromatic rings. The van der Waals surface area contributed by atoms with E-state index in [9.17, 15) is 4.79 Å². The van der Waals surface area contributed by atoms with Crippen LogP contribution in [0.4, 0.5) is 0 Å². The Balaban J connectivity index is 1.81. The van der Waals surface area contributed by atoms with E-state index in [2.05, 4.69) is 32.0 Å². The van der Waals surface area contributed by atoms with Crippen LogP contribution >= 0.6 is 27.3 Å². The molecule has 1 N–H and O–H groups in total. The zero-order valence-electron chi connectivity index (χ0n) is 10.6. The number of fused-ring (bicyclic) bond motifs is 2. The molecule has 0 aromatic carbocycles. The van der Waals surface area contributed by atoms with Crippen molar-refractivity contribution in [2.24, 2.45) is 0 Å². The first kappa shape index (κ1) is 12.3. The molecule has 3 aromatic heterocycles. The average Bonchev–Trinajstić information content (AvgIpc) is 3.10. The number of pyridine rings is 1. The number of nitrogens with zero attached hydrogens (tertiary/aromatic N) is 1. The summed E-state index contributed by atoms with van der Waals surface area (Å²) < 4.78 is 0.882. The zero-order valence-corrected chi connectivity index (χ0v) is 13.0. The lowest BCUT2D eigenvalue weighted by Gasteiger charge is -1.97. The van der Waals surface area contributed by atoms with E-state index in [-0.39, 0.29) is 5.78 Å². The lowest BCUT2D eigenvalue weighted by molar-refractivity contribution is 0.104. The van der Waals surface area contributed by atoms with Gasteiger partial charge in [-0.2, -0.15) is 0 Å². The Hall–Kier alpha value is -1.46. The molecule has 0 spiro atoms. The third-order valence-corrected chi connectivity index (χ3v) is 5.38. The number of ketones is 1. The predicted octanol–water partition coefficient (Wildman–Crippen LogP) is 4.11. The minimum absolute atomic E-state index is 0.0931. The van der Waals surface area contributed by atoms with Crippen molar-refractivity contribution in [1.29, 1.82) is 0 Å². The normalized spacial score (nSPS) is 13.8. The summed E-state index contributed by atoms with van der Waals surface area (Å²) >= 11 is 5.05. The molecule has 0 saturated heterocycles. The number of hydrogen-bond acceptors (Lipinski definition) is 3. The lowest BCUT2D eigenvalue weighted by Crippen LogP contribution is -1.97. The molecule has 0 fully saturated rings. The number of aryl methyl sites for hydroxylation is 2. The maximum absolute atomic E-state index is 12.7. The highest BCUT2D eigenvalue weighted by atomic mass is 79.9. The van der Waals surface area contributed by atoms with E-state index in [1.165, 1.54) is 16.9 Å². The molecule has 0 bridgehead atoms. The molecule has 3 nitrogen and oxygen atoms in total. The molecule has 20 heavy (non-hydrogen) atoms. The van der Waals surface area contributed by atoms with E-state index in [1.807, 2.05) is 6.07 Å². The van der Waals surface area contributed by atoms with Crippen LogP contribution in [0.5, 0.6) is 0 Å². The van der Waals surface area contributed by atoms with E-state index < -0.39 is 0 Å². The van der Waals surface area contributed by atoms with Gasteiger partial charge in [0.2, 0.25) is 5.78 Å². The first-order valence-corrected chi connectivity index (χ1v) is 8.12. The first-order valence-electron chi connectivity index (χ1n) is 6.51. The number of rotatable bonds is 2. The molecule has 4 rings (SSSR count). The van der Waals surface area contributed by atoms with Crippen molar-refractivity contribution in [2.75, 3.05) is 0 Å². The summed E-state index contributed by atoms with van der Waals surface area (Å²) in [7, 11) is 0. The standard InChI is InChI=1S/C15H11BrN2OS/c16-9-5-10-11(7-18-15(10)17-6-9)14(19)13-4-8-2-1-3-12(8)20-13/h4-7H,1-3H2,(H,17,18). The van der Waals surface area contributed by atoms with E-state index in [1.54, 1.807) is 23.7 Å². The Morgan fingerprint density at radius 2 is 2.25 bits per heavy atom. The van der Waals surface area contributed by atoms with Gasteiger partial charge in [0, 0.05) is 27.1 Å². The number of carbonyl (C=O) groups is 1. The summed E-state index contributed by atoms with van der Waals surface area (Å²) in [6.45, 7) is 0. The molecule has 0 saturated carbocycles. The van der Waals surface area contributed by atoms with Crippen LogP contribution in [0.25, 0.3) is 11.0 Å². The van der Waals surface area contributed by atoms with Gasteiger partial charge in [-0.1, -0.05) is 0 Å². The molecule has 1 aliphatic carbocycles. The Labute approximate surface area is 128 Å². The molecular formula is C15H11BrN2OS. The highest BCUT2D eigenvalue weighted by Gasteiger charge is 2.21. The van der Waals surface area contributed by atoms with Gasteiger partial charge in [-0.05, 0) is 52.9 Å². The quantitative estimate of drug-likeness (QED) is 0.709. The third kappa shape index (κ3) is 1.84. The second-order valence-electron chi connectivity index (χ2n) is 4.99. The minimum atomic E-state index is 0.0931. The van der Waals surface area contributed by atoms with Crippen LogP contribution in [0.2, 0.25) is 0 Å². The minimum Gasteiger partial charge on any atom is -0.345 e. The largest absolute Gasteiger partial charge is 0.345 e. The molecule has 0 aliphatic heterocycles. The predicted molar refractivity (Wildman–Crippen MR) is 83.6 cm³/mol. The van der Waals surface area contributed by atoms with Gasteiger partial charge in [0.15, 0.2) is 0 Å². The van der Waals surface area contributed by atoms with Gasteiger partial charge in [0.25, 0.3) is 0 Å². The van der Waals surface area contributed by atoms with Crippen molar-refractivity contribution >= 4 is 44.1 Å². The highest BCUT2D eigenvalue weighted by Crippen LogP contribution is 2.33. The molecule has 0 radical (unpaired) electrons. The van der Waals surface area contributed by atoms with Crippen molar-refractivity contribution in [3.8, 4) is 0 Å². The number of H-pyrrole nitrogens is 1. The molecule has 0 atom stereocenters. The molecule has 0 unspecified atom stereocenters. The number of thiophene rings is 1. The average molecular weight is 347 g/mol. The van der Waals surface area contributed by atoms with Gasteiger partial charge < -0.3 is 4.98 Å². The van der Waals surface area contributed by atoms with Crippen LogP contribution in [0, 0.1) is 0 Å². The SMILES string of the molecule is O=C(c1cc2c(s1)CCC2)c1c[nH]c2ncc(Br)cc12. The fourth-order valence-corrected chi connectivity index (χ4v) is 4.28. The topological polar surface area (TPSA) is 45.8 Å². The number of aromatic nitrogens is 2. The van der Waals surface area contributed by atoms with Crippen LogP contribution in [0.15, 0.2) is 29.0 Å². The van der Waals surface area contributed by atoms with Crippen LogP contribution in [0.3, 0.4) is 0 Å². The van der Waals surface area contributed by atoms with Gasteiger partial charge >= 0.3 is 0 Å². The fraction of sp³-hybridized carbons (Fsp3) is 0.200. The summed E-state index contributed by atoms with van der Waals surface area (Å²) in [4.78, 5) is 22.3. The van der Waals surface area contributed by atoms with Crippen molar-refractivity contribution in [3.05, 3.63) is 49.9 Å². The molecule has 3 heterocycles. The van der Waals surface area contributed by atoms with Crippen molar-refractivity contribution in [2.45, 2.75) is 19.3 Å². The Morgan fingerprint density at radius 1 is 1.35 bits per heavy atom. The summed E-state index contributed by atoms with van der Waals surface area (Å²) in [5.74, 6) is 0.0931. The first-order chi connectivity index (χ1) is 9.72. The van der Waals surface area contributed by atoms with E-state index >= 15 is 0 Å². The van der Waals surface area contributed by atoms with Crippen molar-refractivity contribution < 1.29 is 4.79 Å². The summed E-state index contributed by atoms with van der Waals surface area (Å²) in [5.41, 5.74) is 2.81. The van der Waals surface area contributed by atoms with Gasteiger partial charge in [-0.25, -0.2) is 4.98 Å². The number of nitrogens with one attached hydrogen (secondary N) is 1. The lowest BCUT2D eigenvalue weighted by atomic mass is 10.1. The van der Waals surface area contributed by atoms with Crippen LogP contribution in [-0.2, 0) is 12.8 Å². The van der Waals surface area contributed by atoms with Gasteiger partial charge in [0.05, 0.1) is 10.4 Å². The smallest absolute Gasteiger partial charge is 0.205 e. The maximum Gasteiger partial charge on any atom is 0.205 e.